The number of likely N-dealkylation sites (tertiary alicyclic amines) is 1. The largest absolute Gasteiger partial charge is 0.477 e. The van der Waals surface area contributed by atoms with E-state index in [1.807, 2.05) is 6.92 Å². The van der Waals surface area contributed by atoms with Crippen LogP contribution in [0, 0.1) is 11.8 Å². The van der Waals surface area contributed by atoms with Crippen LogP contribution in [0.15, 0.2) is 10.6 Å². The van der Waals surface area contributed by atoms with Crippen molar-refractivity contribution in [3.63, 3.8) is 0 Å². The first kappa shape index (κ1) is 23.5. The van der Waals surface area contributed by atoms with E-state index in [9.17, 15) is 29.7 Å². The fourth-order valence-corrected chi connectivity index (χ4v) is 6.93. The lowest BCUT2D eigenvalue weighted by atomic mass is 9.79. The molecule has 7 unspecified atom stereocenters. The van der Waals surface area contributed by atoms with E-state index < -0.39 is 24.1 Å². The number of carboxylic acids is 1. The molecule has 4 aliphatic rings. The Kier molecular flexibility index (Phi) is 6.56. The molecule has 0 aromatic carbocycles. The number of carbonyl (C=O) groups excluding carboxylic acids is 2. The van der Waals surface area contributed by atoms with Crippen molar-refractivity contribution in [3.8, 4) is 0 Å². The monoisotopic (exact) mass is 468 g/mol. The van der Waals surface area contributed by atoms with Gasteiger partial charge in [0.15, 0.2) is 0 Å². The van der Waals surface area contributed by atoms with E-state index in [1.54, 1.807) is 11.8 Å². The second-order valence-corrected chi connectivity index (χ2v) is 10.8. The van der Waals surface area contributed by atoms with Gasteiger partial charge in [-0.2, -0.15) is 0 Å². The molecule has 0 spiro atoms. The van der Waals surface area contributed by atoms with Crippen LogP contribution in [0.3, 0.4) is 0 Å². The van der Waals surface area contributed by atoms with E-state index in [0.717, 1.165) is 6.42 Å². The molecule has 10 nitrogen and oxygen atoms in total. The van der Waals surface area contributed by atoms with Crippen LogP contribution in [-0.4, -0.2) is 98.1 Å². The minimum atomic E-state index is -1.14. The number of amides is 2. The minimum absolute atomic E-state index is 0.00193. The first-order valence-electron chi connectivity index (χ1n) is 11.2. The number of hydrogen-bond acceptors (Lipinski definition) is 8. The molecule has 11 heteroatoms. The van der Waals surface area contributed by atoms with Gasteiger partial charge in [-0.15, -0.1) is 11.8 Å². The van der Waals surface area contributed by atoms with E-state index in [2.05, 4.69) is 5.32 Å². The summed E-state index contributed by atoms with van der Waals surface area (Å²) in [6.07, 6.45) is -0.277. The molecule has 0 aromatic heterocycles. The van der Waals surface area contributed by atoms with E-state index >= 15 is 0 Å². The van der Waals surface area contributed by atoms with Gasteiger partial charge in [0.2, 0.25) is 11.8 Å². The zero-order chi connectivity index (χ0) is 23.3. The lowest BCUT2D eigenvalue weighted by molar-refractivity contribution is -0.163. The van der Waals surface area contributed by atoms with Crippen molar-refractivity contribution in [3.05, 3.63) is 10.6 Å². The zero-order valence-corrected chi connectivity index (χ0v) is 19.1. The summed E-state index contributed by atoms with van der Waals surface area (Å²) in [7, 11) is 0. The van der Waals surface area contributed by atoms with Gasteiger partial charge >= 0.3 is 5.97 Å². The molecule has 8 atom stereocenters. The van der Waals surface area contributed by atoms with E-state index in [-0.39, 0.29) is 53.2 Å². The van der Waals surface area contributed by atoms with Crippen LogP contribution in [0.5, 0.6) is 0 Å². The lowest BCUT2D eigenvalue weighted by Gasteiger charge is -2.46. The molecular formula is C21H32N4O6S. The Bertz CT molecular complexity index is 835. The number of nitrogens with one attached hydrogen (secondary N) is 1. The van der Waals surface area contributed by atoms with Crippen LogP contribution in [0.4, 0.5) is 0 Å². The number of carbonyl (C=O) groups is 3. The molecule has 4 heterocycles. The predicted molar refractivity (Wildman–Crippen MR) is 117 cm³/mol. The molecule has 0 aromatic rings. The number of fused-ring (bicyclic) bond motifs is 1. The molecule has 3 saturated heterocycles. The van der Waals surface area contributed by atoms with Gasteiger partial charge in [0.25, 0.3) is 0 Å². The Morgan fingerprint density at radius 1 is 1.34 bits per heavy atom. The van der Waals surface area contributed by atoms with Gasteiger partial charge < -0.3 is 36.2 Å². The quantitative estimate of drug-likeness (QED) is 0.293. The van der Waals surface area contributed by atoms with Crippen molar-refractivity contribution in [2.45, 2.75) is 68.7 Å². The molecule has 6 N–H and O–H groups in total. The number of nitrogens with zero attached hydrogens (tertiary/aromatic N) is 2. The standard InChI is InChI=1S/C21H32N4O6S/c1-9-17-16(10(2)26)20(29)25(17)18(21(30)31)19(9)32-12-5-13(23-7-12)14(27)6-15(28)24-4-3-11(22)8-24/h9-14,16-17,23,26-27H,3-8,22H2,1-2H3,(H,30,31)/t9?,10?,11?,12?,13?,14?,16?,17-/m1/s1. The first-order chi connectivity index (χ1) is 15.1. The van der Waals surface area contributed by atoms with Gasteiger partial charge in [0, 0.05) is 47.8 Å². The van der Waals surface area contributed by atoms with Crippen molar-refractivity contribution in [2.75, 3.05) is 19.6 Å². The predicted octanol–water partition coefficient (Wildman–Crippen LogP) is -1.09. The third kappa shape index (κ3) is 4.05. The summed E-state index contributed by atoms with van der Waals surface area (Å²) in [5.74, 6) is -2.36. The number of thioether (sulfide) groups is 1. The summed E-state index contributed by atoms with van der Waals surface area (Å²) in [5.41, 5.74) is 5.87. The van der Waals surface area contributed by atoms with E-state index in [1.165, 1.54) is 16.7 Å². The minimum Gasteiger partial charge on any atom is -0.477 e. The maximum atomic E-state index is 12.5. The highest BCUT2D eigenvalue weighted by Gasteiger charge is 2.60. The fraction of sp³-hybridized carbons (Fsp3) is 0.762. The summed E-state index contributed by atoms with van der Waals surface area (Å²) in [4.78, 5) is 40.5. The van der Waals surface area contributed by atoms with Crippen LogP contribution in [0.1, 0.15) is 33.1 Å². The van der Waals surface area contributed by atoms with Crippen molar-refractivity contribution >= 4 is 29.5 Å². The average molecular weight is 469 g/mol. The number of aliphatic hydroxyl groups is 2. The van der Waals surface area contributed by atoms with Gasteiger partial charge in [0.1, 0.15) is 5.70 Å². The molecular weight excluding hydrogens is 436 g/mol. The first-order valence-corrected chi connectivity index (χ1v) is 12.1. The Balaban J connectivity index is 1.38. The van der Waals surface area contributed by atoms with Gasteiger partial charge in [-0.1, -0.05) is 6.92 Å². The summed E-state index contributed by atoms with van der Waals surface area (Å²) >= 11 is 1.43. The molecule has 2 amide bonds. The van der Waals surface area contributed by atoms with Crippen LogP contribution in [0.2, 0.25) is 0 Å². The Hall–Kier alpha value is -1.66. The second kappa shape index (κ2) is 8.94. The highest BCUT2D eigenvalue weighted by molar-refractivity contribution is 8.03. The van der Waals surface area contributed by atoms with Crippen LogP contribution < -0.4 is 11.1 Å². The van der Waals surface area contributed by atoms with E-state index in [4.69, 9.17) is 5.73 Å². The van der Waals surface area contributed by atoms with Gasteiger partial charge in [-0.3, -0.25) is 9.59 Å². The second-order valence-electron chi connectivity index (χ2n) is 9.42. The number of aliphatic carboxylic acids is 1. The van der Waals surface area contributed by atoms with Gasteiger partial charge in [-0.05, 0) is 19.8 Å². The molecule has 0 aliphatic carbocycles. The number of hydrogen-bond donors (Lipinski definition) is 5. The molecule has 3 fully saturated rings. The van der Waals surface area contributed by atoms with Crippen molar-refractivity contribution in [2.24, 2.45) is 17.6 Å². The third-order valence-electron chi connectivity index (χ3n) is 7.15. The SMILES string of the molecule is CC(O)C1C(=O)N2C(C(=O)O)=C(SC3CNC(C(O)CC(=O)N4CCC(N)C4)C3)C(C)[C@H]12. The highest BCUT2D eigenvalue weighted by Crippen LogP contribution is 2.51. The number of aliphatic hydroxyl groups excluding tert-OH is 2. The van der Waals surface area contributed by atoms with Crippen LogP contribution >= 0.6 is 11.8 Å². The van der Waals surface area contributed by atoms with Crippen molar-refractivity contribution in [1.82, 2.24) is 15.1 Å². The number of rotatable bonds is 7. The molecule has 178 valence electrons. The number of carboxylic acid groups (broad SMARTS) is 1. The third-order valence-corrected chi connectivity index (χ3v) is 8.67. The average Bonchev–Trinajstić information content (AvgIpc) is 3.40. The Morgan fingerprint density at radius 3 is 2.66 bits per heavy atom. The topological polar surface area (TPSA) is 156 Å². The fourth-order valence-electron chi connectivity index (χ4n) is 5.44. The highest BCUT2D eigenvalue weighted by atomic mass is 32.2. The number of β-lactam (4-membered cyclic amide) rings is 1. The van der Waals surface area contributed by atoms with Gasteiger partial charge in [0.05, 0.1) is 30.6 Å². The maximum absolute atomic E-state index is 12.5. The molecule has 4 rings (SSSR count). The Labute approximate surface area is 191 Å². The molecule has 32 heavy (non-hydrogen) atoms. The summed E-state index contributed by atoms with van der Waals surface area (Å²) in [6.45, 7) is 5.16. The molecule has 0 saturated carbocycles. The smallest absolute Gasteiger partial charge is 0.353 e. The summed E-state index contributed by atoms with van der Waals surface area (Å²) in [6, 6.07) is -0.601. The van der Waals surface area contributed by atoms with Crippen LogP contribution in [-0.2, 0) is 14.4 Å². The van der Waals surface area contributed by atoms with Crippen molar-refractivity contribution < 1.29 is 29.7 Å². The van der Waals surface area contributed by atoms with Gasteiger partial charge in [-0.25, -0.2) is 4.79 Å². The lowest BCUT2D eigenvalue weighted by Crippen LogP contribution is -2.63. The van der Waals surface area contributed by atoms with Crippen LogP contribution in [0.25, 0.3) is 0 Å². The molecule has 4 aliphatic heterocycles. The number of nitrogens with two attached hydrogens (primary N) is 1. The van der Waals surface area contributed by atoms with E-state index in [0.29, 0.717) is 31.0 Å². The zero-order valence-electron chi connectivity index (χ0n) is 18.3. The summed E-state index contributed by atoms with van der Waals surface area (Å²) in [5, 5.41) is 33.6. The summed E-state index contributed by atoms with van der Waals surface area (Å²) < 4.78 is 0. The normalized spacial score (nSPS) is 36.3. The van der Waals surface area contributed by atoms with Crippen molar-refractivity contribution in [1.29, 1.82) is 0 Å². The molecule has 0 radical (unpaired) electrons. The maximum Gasteiger partial charge on any atom is 0.353 e. The Morgan fingerprint density at radius 2 is 2.06 bits per heavy atom. The molecule has 0 bridgehead atoms.